The highest BCUT2D eigenvalue weighted by atomic mass is 35.5. The Kier molecular flexibility index (Phi) is 5.31. The minimum absolute atomic E-state index is 0.303. The molecular weight excluding hydrogens is 293 g/mol. The lowest BCUT2D eigenvalue weighted by Crippen LogP contribution is -2.18. The Morgan fingerprint density at radius 2 is 1.95 bits per heavy atom. The molecule has 0 aliphatic heterocycles. The van der Waals surface area contributed by atoms with Crippen molar-refractivity contribution in [2.45, 2.75) is 13.0 Å². The van der Waals surface area contributed by atoms with Gasteiger partial charge >= 0.3 is 5.97 Å². The first-order valence-electron chi connectivity index (χ1n) is 6.54. The van der Waals surface area contributed by atoms with E-state index < -0.39 is 5.97 Å². The Balaban J connectivity index is 1.89. The first-order valence-corrected chi connectivity index (χ1v) is 6.91. The molecule has 0 atom stereocenters. The molecule has 3 nitrogen and oxygen atoms in total. The maximum absolute atomic E-state index is 13.6. The minimum atomic E-state index is -0.936. The van der Waals surface area contributed by atoms with Gasteiger partial charge in [-0.15, -0.1) is 0 Å². The summed E-state index contributed by atoms with van der Waals surface area (Å²) in [6, 6.07) is 11.4. The van der Waals surface area contributed by atoms with Gasteiger partial charge in [0.05, 0.1) is 5.56 Å². The fourth-order valence-corrected chi connectivity index (χ4v) is 2.22. The van der Waals surface area contributed by atoms with Gasteiger partial charge in [0, 0.05) is 17.1 Å². The lowest BCUT2D eigenvalue weighted by atomic mass is 10.0. The number of rotatable bonds is 6. The number of hydrogen-bond donors (Lipinski definition) is 2. The summed E-state index contributed by atoms with van der Waals surface area (Å²) in [6.07, 6.45) is 0.567. The van der Waals surface area contributed by atoms with Gasteiger partial charge in [-0.1, -0.05) is 35.9 Å². The van der Waals surface area contributed by atoms with E-state index in [-0.39, 0.29) is 5.82 Å². The van der Waals surface area contributed by atoms with Crippen LogP contribution in [0.15, 0.2) is 42.5 Å². The second kappa shape index (κ2) is 7.20. The van der Waals surface area contributed by atoms with Gasteiger partial charge < -0.3 is 10.4 Å². The highest BCUT2D eigenvalue weighted by Crippen LogP contribution is 2.14. The molecule has 0 saturated heterocycles. The number of benzene rings is 2. The molecule has 0 spiro atoms. The van der Waals surface area contributed by atoms with Crippen molar-refractivity contribution < 1.29 is 14.3 Å². The van der Waals surface area contributed by atoms with Gasteiger partial charge in [0.25, 0.3) is 0 Å². The topological polar surface area (TPSA) is 49.3 Å². The van der Waals surface area contributed by atoms with Crippen LogP contribution in [0.1, 0.15) is 21.5 Å². The monoisotopic (exact) mass is 307 g/mol. The van der Waals surface area contributed by atoms with E-state index >= 15 is 0 Å². The highest BCUT2D eigenvalue weighted by molar-refractivity contribution is 6.30. The molecule has 0 heterocycles. The third-order valence-electron chi connectivity index (χ3n) is 3.15. The van der Waals surface area contributed by atoms with Crippen LogP contribution >= 0.6 is 11.6 Å². The smallest absolute Gasteiger partial charge is 0.335 e. The third-order valence-corrected chi connectivity index (χ3v) is 3.38. The predicted octanol–water partition coefficient (Wildman–Crippen LogP) is 3.51. The fraction of sp³-hybridized carbons (Fsp3) is 0.188. The number of halogens is 2. The summed E-state index contributed by atoms with van der Waals surface area (Å²) in [5.41, 5.74) is 1.59. The van der Waals surface area contributed by atoms with E-state index in [9.17, 15) is 9.18 Å². The van der Waals surface area contributed by atoms with Crippen molar-refractivity contribution >= 4 is 17.6 Å². The minimum Gasteiger partial charge on any atom is -0.478 e. The van der Waals surface area contributed by atoms with Crippen molar-refractivity contribution in [2.75, 3.05) is 6.54 Å². The number of carboxylic acid groups (broad SMARTS) is 1. The predicted molar refractivity (Wildman–Crippen MR) is 80.2 cm³/mol. The summed E-state index contributed by atoms with van der Waals surface area (Å²) < 4.78 is 13.6. The summed E-state index contributed by atoms with van der Waals surface area (Å²) in [7, 11) is 0. The zero-order valence-electron chi connectivity index (χ0n) is 11.3. The largest absolute Gasteiger partial charge is 0.478 e. The second-order valence-electron chi connectivity index (χ2n) is 4.62. The molecule has 0 aliphatic rings. The van der Waals surface area contributed by atoms with E-state index in [1.54, 1.807) is 36.4 Å². The van der Waals surface area contributed by atoms with Crippen molar-refractivity contribution in [2.24, 2.45) is 0 Å². The Morgan fingerprint density at radius 3 is 2.67 bits per heavy atom. The van der Waals surface area contributed by atoms with Gasteiger partial charge in [0.15, 0.2) is 0 Å². The van der Waals surface area contributed by atoms with E-state index in [4.69, 9.17) is 16.7 Å². The molecule has 5 heteroatoms. The molecule has 2 rings (SSSR count). The highest BCUT2D eigenvalue weighted by Gasteiger charge is 2.08. The van der Waals surface area contributed by atoms with Crippen LogP contribution in [0.25, 0.3) is 0 Å². The first-order chi connectivity index (χ1) is 10.1. The molecule has 0 radical (unpaired) electrons. The van der Waals surface area contributed by atoms with Crippen molar-refractivity contribution in [1.29, 1.82) is 0 Å². The summed E-state index contributed by atoms with van der Waals surface area (Å²) in [4.78, 5) is 11.1. The molecular formula is C16H15ClFNO2. The Labute approximate surface area is 127 Å². The molecule has 0 aromatic heterocycles. The molecule has 2 aromatic rings. The number of carboxylic acids is 1. The van der Waals surface area contributed by atoms with Crippen molar-refractivity contribution in [3.63, 3.8) is 0 Å². The molecule has 2 N–H and O–H groups in total. The molecule has 0 bridgehead atoms. The van der Waals surface area contributed by atoms with Crippen molar-refractivity contribution in [3.8, 4) is 0 Å². The van der Waals surface area contributed by atoms with Crippen LogP contribution in [-0.2, 0) is 13.0 Å². The van der Waals surface area contributed by atoms with E-state index in [1.165, 1.54) is 6.07 Å². The van der Waals surface area contributed by atoms with Gasteiger partial charge in [-0.25, -0.2) is 9.18 Å². The zero-order chi connectivity index (χ0) is 15.2. The standard InChI is InChI=1S/C16H15ClFNO2/c17-13-6-5-12(15(18)9-13)10-19-8-7-11-3-1-2-4-14(11)16(20)21/h1-6,9,19H,7-8,10H2,(H,20,21). The van der Waals surface area contributed by atoms with Crippen molar-refractivity contribution in [3.05, 3.63) is 70.0 Å². The van der Waals surface area contributed by atoms with E-state index in [2.05, 4.69) is 5.32 Å². The third kappa shape index (κ3) is 4.28. The van der Waals surface area contributed by atoms with Gasteiger partial charge in [-0.05, 0) is 36.7 Å². The van der Waals surface area contributed by atoms with Crippen LogP contribution < -0.4 is 5.32 Å². The lowest BCUT2D eigenvalue weighted by Gasteiger charge is -2.08. The number of carbonyl (C=O) groups is 1. The zero-order valence-corrected chi connectivity index (χ0v) is 12.0. The van der Waals surface area contributed by atoms with Crippen LogP contribution in [0.5, 0.6) is 0 Å². The molecule has 0 saturated carbocycles. The summed E-state index contributed by atoms with van der Waals surface area (Å²) >= 11 is 5.69. The van der Waals surface area contributed by atoms with Gasteiger partial charge in [0.2, 0.25) is 0 Å². The average Bonchev–Trinajstić information content (AvgIpc) is 2.45. The number of hydrogen-bond acceptors (Lipinski definition) is 2. The quantitative estimate of drug-likeness (QED) is 0.803. The van der Waals surface area contributed by atoms with Gasteiger partial charge in [0.1, 0.15) is 5.82 Å². The number of aromatic carboxylic acids is 1. The maximum atomic E-state index is 13.6. The Morgan fingerprint density at radius 1 is 1.19 bits per heavy atom. The SMILES string of the molecule is O=C(O)c1ccccc1CCNCc1ccc(Cl)cc1F. The summed E-state index contributed by atoms with van der Waals surface area (Å²) in [5.74, 6) is -1.28. The van der Waals surface area contributed by atoms with Crippen LogP contribution in [-0.4, -0.2) is 17.6 Å². The summed E-state index contributed by atoms with van der Waals surface area (Å²) in [5, 5.41) is 12.5. The lowest BCUT2D eigenvalue weighted by molar-refractivity contribution is 0.0695. The van der Waals surface area contributed by atoms with E-state index in [0.29, 0.717) is 35.7 Å². The Hall–Kier alpha value is -1.91. The van der Waals surface area contributed by atoms with Crippen LogP contribution in [0.3, 0.4) is 0 Å². The molecule has 0 amide bonds. The van der Waals surface area contributed by atoms with Crippen LogP contribution in [0.2, 0.25) is 5.02 Å². The van der Waals surface area contributed by atoms with E-state index in [0.717, 1.165) is 5.56 Å². The van der Waals surface area contributed by atoms with Gasteiger partial charge in [-0.3, -0.25) is 0 Å². The molecule has 0 aliphatic carbocycles. The molecule has 0 fully saturated rings. The van der Waals surface area contributed by atoms with Gasteiger partial charge in [-0.2, -0.15) is 0 Å². The second-order valence-corrected chi connectivity index (χ2v) is 5.06. The van der Waals surface area contributed by atoms with E-state index in [1.807, 2.05) is 0 Å². The first kappa shape index (κ1) is 15.5. The van der Waals surface area contributed by atoms with Crippen LogP contribution in [0.4, 0.5) is 4.39 Å². The average molecular weight is 308 g/mol. The summed E-state index contributed by atoms with van der Waals surface area (Å²) in [6.45, 7) is 0.935. The van der Waals surface area contributed by atoms with Crippen LogP contribution in [0, 0.1) is 5.82 Å². The number of nitrogens with one attached hydrogen (secondary N) is 1. The van der Waals surface area contributed by atoms with Crippen molar-refractivity contribution in [1.82, 2.24) is 5.32 Å². The normalized spacial score (nSPS) is 10.6. The molecule has 2 aromatic carbocycles. The fourth-order valence-electron chi connectivity index (χ4n) is 2.06. The molecule has 0 unspecified atom stereocenters. The molecule has 110 valence electrons. The Bertz CT molecular complexity index is 646. The maximum Gasteiger partial charge on any atom is 0.335 e. The molecule has 21 heavy (non-hydrogen) atoms.